The lowest BCUT2D eigenvalue weighted by molar-refractivity contribution is -0.148. The standard InChI is InChI=1S/C19H25N3O3/c1-20(2)18(25)22-12-16-11-21(13-19(16,14-22)17(23)24)10-6-9-15-7-4-3-5-8-15/h3-9,16H,10-14H2,1-2H3,(H,23,24)/b9-6+/t16-,19-/m1/s1. The molecule has 2 heterocycles. The Morgan fingerprint density at radius 3 is 2.56 bits per heavy atom. The van der Waals surface area contributed by atoms with Gasteiger partial charge >= 0.3 is 12.0 Å². The van der Waals surface area contributed by atoms with Gasteiger partial charge in [-0.2, -0.15) is 0 Å². The van der Waals surface area contributed by atoms with E-state index in [9.17, 15) is 14.7 Å². The summed E-state index contributed by atoms with van der Waals surface area (Å²) in [6.07, 6.45) is 4.14. The van der Waals surface area contributed by atoms with E-state index in [1.54, 1.807) is 19.0 Å². The summed E-state index contributed by atoms with van der Waals surface area (Å²) in [5, 5.41) is 9.84. The lowest BCUT2D eigenvalue weighted by Crippen LogP contribution is -2.44. The van der Waals surface area contributed by atoms with Crippen LogP contribution < -0.4 is 0 Å². The quantitative estimate of drug-likeness (QED) is 0.904. The zero-order chi connectivity index (χ0) is 18.0. The third-order valence-electron chi connectivity index (χ3n) is 5.23. The van der Waals surface area contributed by atoms with Crippen LogP contribution in [0.2, 0.25) is 0 Å². The van der Waals surface area contributed by atoms with Gasteiger partial charge in [-0.05, 0) is 5.56 Å². The molecule has 134 valence electrons. The fourth-order valence-electron chi connectivity index (χ4n) is 3.94. The van der Waals surface area contributed by atoms with Crippen LogP contribution >= 0.6 is 0 Å². The Kier molecular flexibility index (Phi) is 4.81. The summed E-state index contributed by atoms with van der Waals surface area (Å²) in [7, 11) is 3.40. The molecule has 0 unspecified atom stereocenters. The minimum Gasteiger partial charge on any atom is -0.481 e. The molecule has 6 heteroatoms. The first-order valence-corrected chi connectivity index (χ1v) is 8.56. The van der Waals surface area contributed by atoms with Crippen molar-refractivity contribution in [2.24, 2.45) is 11.3 Å². The van der Waals surface area contributed by atoms with Gasteiger partial charge in [0, 0.05) is 52.7 Å². The number of nitrogens with zero attached hydrogens (tertiary/aromatic N) is 3. The summed E-state index contributed by atoms with van der Waals surface area (Å²) in [6, 6.07) is 9.95. The Morgan fingerprint density at radius 1 is 1.24 bits per heavy atom. The van der Waals surface area contributed by atoms with Crippen molar-refractivity contribution in [3.8, 4) is 0 Å². The molecule has 2 saturated heterocycles. The Morgan fingerprint density at radius 2 is 1.96 bits per heavy atom. The normalized spacial score (nSPS) is 26.2. The zero-order valence-corrected chi connectivity index (χ0v) is 14.8. The maximum absolute atomic E-state index is 12.2. The molecule has 25 heavy (non-hydrogen) atoms. The number of carboxylic acids is 1. The van der Waals surface area contributed by atoms with Crippen LogP contribution in [-0.4, -0.2) is 78.6 Å². The SMILES string of the molecule is CN(C)C(=O)N1C[C@H]2CN(C/C=C/c3ccccc3)C[C@@]2(C(=O)O)C1. The zero-order valence-electron chi connectivity index (χ0n) is 14.8. The van der Waals surface area contributed by atoms with Crippen molar-refractivity contribution in [1.29, 1.82) is 0 Å². The van der Waals surface area contributed by atoms with Gasteiger partial charge in [-0.25, -0.2) is 4.79 Å². The van der Waals surface area contributed by atoms with Gasteiger partial charge in [-0.3, -0.25) is 9.69 Å². The molecule has 0 radical (unpaired) electrons. The fraction of sp³-hybridized carbons (Fsp3) is 0.474. The second-order valence-electron chi connectivity index (χ2n) is 7.22. The van der Waals surface area contributed by atoms with E-state index in [0.717, 1.165) is 12.1 Å². The molecular weight excluding hydrogens is 318 g/mol. The molecule has 1 aromatic carbocycles. The average Bonchev–Trinajstić information content (AvgIpc) is 3.10. The molecule has 0 aromatic heterocycles. The smallest absolute Gasteiger partial charge is 0.319 e. The highest BCUT2D eigenvalue weighted by Crippen LogP contribution is 2.43. The number of aliphatic carboxylic acids is 1. The van der Waals surface area contributed by atoms with Gasteiger partial charge in [0.2, 0.25) is 0 Å². The lowest BCUT2D eigenvalue weighted by atomic mass is 9.81. The van der Waals surface area contributed by atoms with Crippen LogP contribution in [0.5, 0.6) is 0 Å². The highest BCUT2D eigenvalue weighted by molar-refractivity contribution is 5.80. The number of carbonyl (C=O) groups excluding carboxylic acids is 1. The maximum atomic E-state index is 12.2. The topological polar surface area (TPSA) is 64.1 Å². The first kappa shape index (κ1) is 17.5. The van der Waals surface area contributed by atoms with Crippen molar-refractivity contribution < 1.29 is 14.7 Å². The number of benzene rings is 1. The highest BCUT2D eigenvalue weighted by atomic mass is 16.4. The highest BCUT2D eigenvalue weighted by Gasteiger charge is 2.58. The lowest BCUT2D eigenvalue weighted by Gasteiger charge is -2.26. The number of amides is 2. The monoisotopic (exact) mass is 343 g/mol. The van der Waals surface area contributed by atoms with Crippen molar-refractivity contribution >= 4 is 18.1 Å². The van der Waals surface area contributed by atoms with Crippen LogP contribution in [-0.2, 0) is 4.79 Å². The molecule has 0 saturated carbocycles. The number of hydrogen-bond donors (Lipinski definition) is 1. The van der Waals surface area contributed by atoms with E-state index in [2.05, 4.69) is 17.1 Å². The van der Waals surface area contributed by atoms with Crippen LogP contribution in [0.4, 0.5) is 4.79 Å². The molecule has 1 N–H and O–H groups in total. The molecule has 1 aromatic rings. The van der Waals surface area contributed by atoms with E-state index < -0.39 is 11.4 Å². The number of carbonyl (C=O) groups is 2. The van der Waals surface area contributed by atoms with Crippen molar-refractivity contribution in [1.82, 2.24) is 14.7 Å². The third kappa shape index (κ3) is 3.39. The molecule has 2 amide bonds. The molecule has 2 aliphatic rings. The first-order chi connectivity index (χ1) is 11.9. The maximum Gasteiger partial charge on any atom is 0.319 e. The summed E-state index contributed by atoms with van der Waals surface area (Å²) in [6.45, 7) is 2.74. The summed E-state index contributed by atoms with van der Waals surface area (Å²) < 4.78 is 0. The van der Waals surface area contributed by atoms with E-state index in [1.165, 1.54) is 4.90 Å². The van der Waals surface area contributed by atoms with Gasteiger partial charge in [0.1, 0.15) is 5.41 Å². The van der Waals surface area contributed by atoms with E-state index in [0.29, 0.717) is 26.2 Å². The van der Waals surface area contributed by atoms with Gasteiger partial charge < -0.3 is 14.9 Å². The predicted octanol–water partition coefficient (Wildman–Crippen LogP) is 1.70. The van der Waals surface area contributed by atoms with Crippen LogP contribution in [0.15, 0.2) is 36.4 Å². The number of urea groups is 1. The van der Waals surface area contributed by atoms with Crippen LogP contribution in [0.1, 0.15) is 5.56 Å². The van der Waals surface area contributed by atoms with Crippen molar-refractivity contribution in [3.63, 3.8) is 0 Å². The van der Waals surface area contributed by atoms with Gasteiger partial charge in [0.05, 0.1) is 0 Å². The molecule has 0 spiro atoms. The molecule has 0 aliphatic carbocycles. The molecule has 3 rings (SSSR count). The van der Waals surface area contributed by atoms with Gasteiger partial charge in [0.15, 0.2) is 0 Å². The van der Waals surface area contributed by atoms with Crippen LogP contribution in [0.25, 0.3) is 6.08 Å². The fourth-order valence-corrected chi connectivity index (χ4v) is 3.94. The average molecular weight is 343 g/mol. The van der Waals surface area contributed by atoms with Crippen molar-refractivity contribution in [3.05, 3.63) is 42.0 Å². The number of carboxylic acid groups (broad SMARTS) is 1. The van der Waals surface area contributed by atoms with Gasteiger partial charge in [0.25, 0.3) is 0 Å². The van der Waals surface area contributed by atoms with Crippen LogP contribution in [0, 0.1) is 11.3 Å². The molecule has 6 nitrogen and oxygen atoms in total. The van der Waals surface area contributed by atoms with Gasteiger partial charge in [-0.1, -0.05) is 42.5 Å². The molecular formula is C19H25N3O3. The Labute approximate surface area is 148 Å². The summed E-state index contributed by atoms with van der Waals surface area (Å²) in [5.41, 5.74) is 0.296. The number of hydrogen-bond acceptors (Lipinski definition) is 3. The second-order valence-corrected chi connectivity index (χ2v) is 7.22. The molecule has 2 aliphatic heterocycles. The Balaban J connectivity index is 1.65. The Hall–Kier alpha value is -2.34. The first-order valence-electron chi connectivity index (χ1n) is 8.56. The molecule has 2 fully saturated rings. The summed E-state index contributed by atoms with van der Waals surface area (Å²) in [5.74, 6) is -0.805. The van der Waals surface area contributed by atoms with Gasteiger partial charge in [-0.15, -0.1) is 0 Å². The second kappa shape index (κ2) is 6.88. The minimum atomic E-state index is -0.841. The van der Waals surface area contributed by atoms with Crippen molar-refractivity contribution in [2.45, 2.75) is 0 Å². The number of fused-ring (bicyclic) bond motifs is 1. The van der Waals surface area contributed by atoms with E-state index in [4.69, 9.17) is 0 Å². The van der Waals surface area contributed by atoms with E-state index >= 15 is 0 Å². The summed E-state index contributed by atoms with van der Waals surface area (Å²) >= 11 is 0. The van der Waals surface area contributed by atoms with E-state index in [1.807, 2.05) is 30.3 Å². The molecule has 0 bridgehead atoms. The number of likely N-dealkylation sites (tertiary alicyclic amines) is 2. The van der Waals surface area contributed by atoms with Crippen molar-refractivity contribution in [2.75, 3.05) is 46.8 Å². The Bertz CT molecular complexity index is 674. The largest absolute Gasteiger partial charge is 0.481 e. The third-order valence-corrected chi connectivity index (χ3v) is 5.23. The van der Waals surface area contributed by atoms with Crippen LogP contribution in [0.3, 0.4) is 0 Å². The number of rotatable bonds is 4. The van der Waals surface area contributed by atoms with E-state index in [-0.39, 0.29) is 11.9 Å². The summed E-state index contributed by atoms with van der Waals surface area (Å²) in [4.78, 5) is 29.5. The minimum absolute atomic E-state index is 0.0148. The molecule has 2 atom stereocenters. The predicted molar refractivity (Wildman–Crippen MR) is 96.1 cm³/mol.